The van der Waals surface area contributed by atoms with Crippen molar-refractivity contribution in [3.05, 3.63) is 33.9 Å². The number of esters is 2. The summed E-state index contributed by atoms with van der Waals surface area (Å²) < 4.78 is 27.4. The Balaban J connectivity index is 1.88. The first kappa shape index (κ1) is 21.3. The fourth-order valence-corrected chi connectivity index (χ4v) is 3.91. The molecule has 2 aromatic rings. The number of benzene rings is 1. The van der Waals surface area contributed by atoms with E-state index in [-0.39, 0.29) is 23.8 Å². The number of nitrogens with zero attached hydrogens (tertiary/aromatic N) is 3. The van der Waals surface area contributed by atoms with Crippen LogP contribution in [-0.2, 0) is 9.53 Å². The number of halogens is 1. The van der Waals surface area contributed by atoms with Gasteiger partial charge < -0.3 is 28.9 Å². The zero-order valence-electron chi connectivity index (χ0n) is 17.6. The van der Waals surface area contributed by atoms with Crippen molar-refractivity contribution in [2.45, 2.75) is 26.0 Å². The number of pyridine rings is 1. The number of aliphatic hydroxyl groups is 1. The van der Waals surface area contributed by atoms with Gasteiger partial charge in [-0.1, -0.05) is 0 Å². The molecule has 9 nitrogen and oxygen atoms in total. The van der Waals surface area contributed by atoms with E-state index in [4.69, 9.17) is 4.74 Å². The van der Waals surface area contributed by atoms with Crippen molar-refractivity contribution in [3.8, 4) is 5.75 Å². The predicted molar refractivity (Wildman–Crippen MR) is 110 cm³/mol. The summed E-state index contributed by atoms with van der Waals surface area (Å²) in [5, 5.41) is 9.24. The number of piperazine rings is 1. The standard InChI is InChI=1S/C21H24FN3O6/c1-11-10-30-19-16-13(8-15(22)17(19)24-6-4-23(3)5-7-24)18(27)14(9-25(11)16)21(29)31-20(28)12(2)26/h8-9,11-12,26H,4-7,10H2,1-3H3/t11-,12?/m0/s1. The van der Waals surface area contributed by atoms with E-state index >= 15 is 4.39 Å². The van der Waals surface area contributed by atoms with Crippen LogP contribution in [0, 0.1) is 5.82 Å². The van der Waals surface area contributed by atoms with Crippen LogP contribution in [0.4, 0.5) is 10.1 Å². The smallest absolute Gasteiger partial charge is 0.351 e. The third kappa shape index (κ3) is 3.66. The highest BCUT2D eigenvalue weighted by atomic mass is 19.1. The Bertz CT molecular complexity index is 1120. The predicted octanol–water partition coefficient (Wildman–Crippen LogP) is 0.910. The minimum Gasteiger partial charge on any atom is -0.487 e. The summed E-state index contributed by atoms with van der Waals surface area (Å²) >= 11 is 0. The number of rotatable bonds is 3. The summed E-state index contributed by atoms with van der Waals surface area (Å²) in [5.41, 5.74) is -0.469. The molecule has 0 spiro atoms. The normalized spacial score (nSPS) is 19.8. The maximum atomic E-state index is 15.2. The average Bonchev–Trinajstić information content (AvgIpc) is 2.72. The van der Waals surface area contributed by atoms with Crippen LogP contribution in [0.15, 0.2) is 17.1 Å². The number of carbonyl (C=O) groups is 2. The molecular formula is C21H24FN3O6. The molecule has 166 valence electrons. The lowest BCUT2D eigenvalue weighted by molar-refractivity contribution is -0.146. The zero-order valence-corrected chi connectivity index (χ0v) is 17.6. The van der Waals surface area contributed by atoms with Crippen molar-refractivity contribution >= 4 is 28.5 Å². The van der Waals surface area contributed by atoms with Crippen molar-refractivity contribution in [2.75, 3.05) is 44.7 Å². The van der Waals surface area contributed by atoms with E-state index in [0.717, 1.165) is 26.1 Å². The monoisotopic (exact) mass is 433 g/mol. The van der Waals surface area contributed by atoms with Crippen LogP contribution in [0.1, 0.15) is 30.2 Å². The average molecular weight is 433 g/mol. The molecule has 1 aromatic carbocycles. The molecular weight excluding hydrogens is 409 g/mol. The van der Waals surface area contributed by atoms with Crippen LogP contribution in [0.3, 0.4) is 0 Å². The highest BCUT2D eigenvalue weighted by molar-refractivity contribution is 6.01. The highest BCUT2D eigenvalue weighted by Crippen LogP contribution is 2.42. The molecule has 1 aromatic heterocycles. The van der Waals surface area contributed by atoms with E-state index in [9.17, 15) is 19.5 Å². The van der Waals surface area contributed by atoms with Crippen LogP contribution >= 0.6 is 0 Å². The number of likely N-dealkylation sites (N-methyl/N-ethyl adjacent to an activating group) is 1. The Hall–Kier alpha value is -2.98. The molecule has 0 bridgehead atoms. The summed E-state index contributed by atoms with van der Waals surface area (Å²) in [6, 6.07) is 0.861. The maximum absolute atomic E-state index is 15.2. The first-order valence-corrected chi connectivity index (χ1v) is 10.1. The van der Waals surface area contributed by atoms with Gasteiger partial charge in [0.25, 0.3) is 0 Å². The number of aromatic nitrogens is 1. The second-order valence-corrected chi connectivity index (χ2v) is 8.05. The Morgan fingerprint density at radius 3 is 2.61 bits per heavy atom. The number of anilines is 1. The van der Waals surface area contributed by atoms with Crippen molar-refractivity contribution < 1.29 is 28.6 Å². The fourth-order valence-electron chi connectivity index (χ4n) is 3.91. The van der Waals surface area contributed by atoms with Gasteiger partial charge in [-0.15, -0.1) is 0 Å². The summed E-state index contributed by atoms with van der Waals surface area (Å²) in [4.78, 5) is 41.1. The van der Waals surface area contributed by atoms with Crippen molar-refractivity contribution in [1.29, 1.82) is 0 Å². The lowest BCUT2D eigenvalue weighted by Crippen LogP contribution is -2.45. The van der Waals surface area contributed by atoms with E-state index in [1.165, 1.54) is 6.20 Å². The molecule has 2 atom stereocenters. The summed E-state index contributed by atoms with van der Waals surface area (Å²) in [6.45, 7) is 5.96. The van der Waals surface area contributed by atoms with Crippen molar-refractivity contribution in [1.82, 2.24) is 9.47 Å². The molecule has 1 N–H and O–H groups in total. The van der Waals surface area contributed by atoms with Gasteiger partial charge in [0.1, 0.15) is 24.0 Å². The van der Waals surface area contributed by atoms with Crippen LogP contribution in [0.25, 0.3) is 10.9 Å². The van der Waals surface area contributed by atoms with Gasteiger partial charge in [0.2, 0.25) is 5.43 Å². The Morgan fingerprint density at radius 2 is 1.97 bits per heavy atom. The summed E-state index contributed by atoms with van der Waals surface area (Å²) in [5.74, 6) is -2.70. The first-order valence-electron chi connectivity index (χ1n) is 10.1. The van der Waals surface area contributed by atoms with E-state index < -0.39 is 34.9 Å². The van der Waals surface area contributed by atoms with Crippen LogP contribution in [0.2, 0.25) is 0 Å². The zero-order chi connectivity index (χ0) is 22.4. The molecule has 0 radical (unpaired) electrons. The minimum atomic E-state index is -1.52. The van der Waals surface area contributed by atoms with Crippen LogP contribution in [0.5, 0.6) is 5.75 Å². The van der Waals surface area contributed by atoms with Gasteiger partial charge in [-0.2, -0.15) is 0 Å². The second-order valence-electron chi connectivity index (χ2n) is 8.05. The van der Waals surface area contributed by atoms with Gasteiger partial charge in [-0.3, -0.25) is 4.79 Å². The number of aliphatic hydroxyl groups excluding tert-OH is 1. The van der Waals surface area contributed by atoms with Gasteiger partial charge in [-0.05, 0) is 27.0 Å². The van der Waals surface area contributed by atoms with Crippen molar-refractivity contribution in [2.24, 2.45) is 0 Å². The minimum absolute atomic E-state index is 0.0316. The molecule has 1 fully saturated rings. The third-order valence-corrected chi connectivity index (χ3v) is 5.72. The molecule has 0 amide bonds. The Morgan fingerprint density at radius 1 is 1.29 bits per heavy atom. The summed E-state index contributed by atoms with van der Waals surface area (Å²) in [6.07, 6.45) is -0.210. The van der Waals surface area contributed by atoms with Crippen molar-refractivity contribution in [3.63, 3.8) is 0 Å². The van der Waals surface area contributed by atoms with Gasteiger partial charge in [-0.25, -0.2) is 14.0 Å². The van der Waals surface area contributed by atoms with Gasteiger partial charge in [0, 0.05) is 32.4 Å². The quantitative estimate of drug-likeness (QED) is 0.563. The number of hydrogen-bond donors (Lipinski definition) is 1. The Labute approximate surface area is 177 Å². The summed E-state index contributed by atoms with van der Waals surface area (Å²) in [7, 11) is 2.00. The number of hydrogen-bond acceptors (Lipinski definition) is 8. The lowest BCUT2D eigenvalue weighted by Gasteiger charge is -2.37. The fraction of sp³-hybridized carbons (Fsp3) is 0.476. The van der Waals surface area contributed by atoms with Gasteiger partial charge in [0.05, 0.1) is 16.9 Å². The molecule has 4 rings (SSSR count). The van der Waals surface area contributed by atoms with Gasteiger partial charge >= 0.3 is 11.9 Å². The molecule has 1 saturated heterocycles. The lowest BCUT2D eigenvalue weighted by atomic mass is 10.1. The third-order valence-electron chi connectivity index (χ3n) is 5.72. The molecule has 2 aliphatic rings. The SMILES string of the molecule is CC(O)C(=O)OC(=O)c1cn2c3c(c(N4CCN(C)CC4)c(F)cc3c1=O)OC[C@@H]2C. The topological polar surface area (TPSA) is 101 Å². The molecule has 0 aliphatic carbocycles. The maximum Gasteiger partial charge on any atom is 0.351 e. The highest BCUT2D eigenvalue weighted by Gasteiger charge is 2.31. The van der Waals surface area contributed by atoms with Crippen LogP contribution < -0.4 is 15.1 Å². The molecule has 1 unspecified atom stereocenters. The van der Waals surface area contributed by atoms with Gasteiger partial charge in [0.15, 0.2) is 11.6 Å². The number of ether oxygens (including phenoxy) is 2. The van der Waals surface area contributed by atoms with E-state index in [0.29, 0.717) is 24.3 Å². The van der Waals surface area contributed by atoms with E-state index in [1.54, 1.807) is 4.57 Å². The second kappa shape index (κ2) is 7.93. The molecule has 31 heavy (non-hydrogen) atoms. The van der Waals surface area contributed by atoms with Crippen LogP contribution in [-0.4, -0.2) is 72.4 Å². The largest absolute Gasteiger partial charge is 0.487 e. The van der Waals surface area contributed by atoms with E-state index in [2.05, 4.69) is 9.64 Å². The molecule has 2 aliphatic heterocycles. The Kier molecular flexibility index (Phi) is 5.44. The molecule has 3 heterocycles. The van der Waals surface area contributed by atoms with E-state index in [1.807, 2.05) is 18.9 Å². The molecule has 10 heteroatoms. The molecule has 0 saturated carbocycles. The number of carbonyl (C=O) groups excluding carboxylic acids is 2. The first-order chi connectivity index (χ1) is 14.7.